The molecule has 13 heavy (non-hydrogen) atoms. The highest BCUT2D eigenvalue weighted by Gasteiger charge is 2.51. The predicted molar refractivity (Wildman–Crippen MR) is 52.6 cm³/mol. The second kappa shape index (κ2) is 2.98. The van der Waals surface area contributed by atoms with E-state index in [-0.39, 0.29) is 11.2 Å². The van der Waals surface area contributed by atoms with Crippen LogP contribution in [0.5, 0.6) is 0 Å². The summed E-state index contributed by atoms with van der Waals surface area (Å²) in [5.74, 6) is 0.980. The average molecular weight is 199 g/mol. The lowest BCUT2D eigenvalue weighted by Gasteiger charge is -2.11. The Morgan fingerprint density at radius 2 is 2.23 bits per heavy atom. The highest BCUT2D eigenvalue weighted by atomic mass is 35.5. The topological polar surface area (TPSA) is 0 Å². The summed E-state index contributed by atoms with van der Waals surface area (Å²) in [6.45, 7) is 2.08. The molecule has 2 rings (SSSR count). The Morgan fingerprint density at radius 1 is 1.54 bits per heavy atom. The minimum absolute atomic E-state index is 0.00685. The van der Waals surface area contributed by atoms with Crippen LogP contribution in [-0.2, 0) is 5.41 Å². The third-order valence-corrected chi connectivity index (χ3v) is 3.46. The van der Waals surface area contributed by atoms with Crippen molar-refractivity contribution in [1.82, 2.24) is 0 Å². The molecule has 1 aliphatic carbocycles. The van der Waals surface area contributed by atoms with Crippen molar-refractivity contribution < 1.29 is 4.39 Å². The van der Waals surface area contributed by atoms with Gasteiger partial charge in [-0.15, -0.1) is 11.6 Å². The van der Waals surface area contributed by atoms with E-state index in [1.807, 2.05) is 12.1 Å². The summed E-state index contributed by atoms with van der Waals surface area (Å²) in [5, 5.41) is 0. The van der Waals surface area contributed by atoms with Crippen molar-refractivity contribution in [2.24, 2.45) is 5.92 Å². The molecule has 0 heterocycles. The van der Waals surface area contributed by atoms with Crippen molar-refractivity contribution in [2.75, 3.05) is 5.88 Å². The highest BCUT2D eigenvalue weighted by Crippen LogP contribution is 2.54. The minimum Gasteiger partial charge on any atom is -0.207 e. The first-order valence-electron chi connectivity index (χ1n) is 4.49. The zero-order chi connectivity index (χ0) is 9.47. The zero-order valence-electron chi connectivity index (χ0n) is 7.56. The SMILES string of the molecule is CC1(c2ccccc2F)CC1CCl. The van der Waals surface area contributed by atoms with E-state index in [9.17, 15) is 4.39 Å². The molecule has 0 N–H and O–H groups in total. The summed E-state index contributed by atoms with van der Waals surface area (Å²) in [5.41, 5.74) is 0.813. The van der Waals surface area contributed by atoms with Crippen LogP contribution in [0.3, 0.4) is 0 Å². The highest BCUT2D eigenvalue weighted by molar-refractivity contribution is 6.18. The van der Waals surface area contributed by atoms with Crippen molar-refractivity contribution in [1.29, 1.82) is 0 Å². The van der Waals surface area contributed by atoms with E-state index in [0.717, 1.165) is 12.0 Å². The molecule has 0 spiro atoms. The number of hydrogen-bond acceptors (Lipinski definition) is 0. The van der Waals surface area contributed by atoms with Gasteiger partial charge in [-0.05, 0) is 29.4 Å². The summed E-state index contributed by atoms with van der Waals surface area (Å²) >= 11 is 5.76. The van der Waals surface area contributed by atoms with Crippen molar-refractivity contribution in [2.45, 2.75) is 18.8 Å². The zero-order valence-corrected chi connectivity index (χ0v) is 8.31. The second-order valence-corrected chi connectivity index (χ2v) is 4.26. The molecule has 2 heteroatoms. The number of rotatable bonds is 2. The number of benzene rings is 1. The second-order valence-electron chi connectivity index (χ2n) is 3.95. The van der Waals surface area contributed by atoms with Gasteiger partial charge in [0.1, 0.15) is 5.82 Å². The molecular weight excluding hydrogens is 187 g/mol. The maximum atomic E-state index is 13.4. The molecule has 0 saturated heterocycles. The van der Waals surface area contributed by atoms with E-state index in [2.05, 4.69) is 6.92 Å². The Bertz CT molecular complexity index is 324. The van der Waals surface area contributed by atoms with Crippen LogP contribution in [0.2, 0.25) is 0 Å². The van der Waals surface area contributed by atoms with Crippen molar-refractivity contribution >= 4 is 11.6 Å². The quantitative estimate of drug-likeness (QED) is 0.640. The number of halogens is 2. The van der Waals surface area contributed by atoms with Gasteiger partial charge in [0.05, 0.1) is 0 Å². The molecule has 0 nitrogen and oxygen atoms in total. The minimum atomic E-state index is -0.0994. The number of hydrogen-bond donors (Lipinski definition) is 0. The first kappa shape index (κ1) is 9.01. The Balaban J connectivity index is 2.32. The van der Waals surface area contributed by atoms with Gasteiger partial charge in [0.15, 0.2) is 0 Å². The Labute approximate surface area is 82.7 Å². The van der Waals surface area contributed by atoms with Crippen LogP contribution in [0, 0.1) is 11.7 Å². The van der Waals surface area contributed by atoms with Gasteiger partial charge in [-0.2, -0.15) is 0 Å². The van der Waals surface area contributed by atoms with Gasteiger partial charge in [-0.1, -0.05) is 25.1 Å². The van der Waals surface area contributed by atoms with Crippen molar-refractivity contribution in [3.05, 3.63) is 35.6 Å². The molecule has 1 saturated carbocycles. The standard InChI is InChI=1S/C11H12ClF/c1-11(6-8(11)7-12)9-4-2-3-5-10(9)13/h2-5,8H,6-7H2,1H3. The van der Waals surface area contributed by atoms with Gasteiger partial charge in [0.2, 0.25) is 0 Å². The van der Waals surface area contributed by atoms with Gasteiger partial charge in [0, 0.05) is 5.88 Å². The Kier molecular flexibility index (Phi) is 2.07. The fraction of sp³-hybridized carbons (Fsp3) is 0.455. The van der Waals surface area contributed by atoms with Crippen LogP contribution in [0.4, 0.5) is 4.39 Å². The van der Waals surface area contributed by atoms with Gasteiger partial charge >= 0.3 is 0 Å². The maximum Gasteiger partial charge on any atom is 0.126 e. The lowest BCUT2D eigenvalue weighted by molar-refractivity contribution is 0.573. The molecule has 0 aliphatic heterocycles. The van der Waals surface area contributed by atoms with E-state index >= 15 is 0 Å². The fourth-order valence-electron chi connectivity index (χ4n) is 1.93. The lowest BCUT2D eigenvalue weighted by atomic mass is 9.95. The van der Waals surface area contributed by atoms with E-state index in [0.29, 0.717) is 11.8 Å². The average Bonchev–Trinajstić information content (AvgIpc) is 2.79. The van der Waals surface area contributed by atoms with Crippen LogP contribution in [0.1, 0.15) is 18.9 Å². The summed E-state index contributed by atoms with van der Waals surface area (Å²) < 4.78 is 13.4. The molecule has 70 valence electrons. The van der Waals surface area contributed by atoms with E-state index in [1.165, 1.54) is 6.07 Å². The molecular formula is C11H12ClF. The first-order valence-corrected chi connectivity index (χ1v) is 5.03. The van der Waals surface area contributed by atoms with Crippen LogP contribution >= 0.6 is 11.6 Å². The molecule has 2 unspecified atom stereocenters. The lowest BCUT2D eigenvalue weighted by Crippen LogP contribution is -2.07. The normalized spacial score (nSPS) is 31.8. The third kappa shape index (κ3) is 1.35. The summed E-state index contributed by atoms with van der Waals surface area (Å²) in [4.78, 5) is 0. The molecule has 1 aliphatic rings. The molecule has 2 atom stereocenters. The number of alkyl halides is 1. The fourth-order valence-corrected chi connectivity index (χ4v) is 2.38. The molecule has 0 radical (unpaired) electrons. The molecule has 1 fully saturated rings. The van der Waals surface area contributed by atoms with Gasteiger partial charge in [-0.25, -0.2) is 4.39 Å². The van der Waals surface area contributed by atoms with Gasteiger partial charge in [0.25, 0.3) is 0 Å². The maximum absolute atomic E-state index is 13.4. The van der Waals surface area contributed by atoms with Gasteiger partial charge in [-0.3, -0.25) is 0 Å². The summed E-state index contributed by atoms with van der Waals surface area (Å²) in [6, 6.07) is 6.99. The van der Waals surface area contributed by atoms with Crippen molar-refractivity contribution in [3.63, 3.8) is 0 Å². The van der Waals surface area contributed by atoms with E-state index < -0.39 is 0 Å². The van der Waals surface area contributed by atoms with Crippen LogP contribution in [0.15, 0.2) is 24.3 Å². The Morgan fingerprint density at radius 3 is 2.77 bits per heavy atom. The molecule has 0 amide bonds. The predicted octanol–water partition coefficient (Wildman–Crippen LogP) is 3.34. The van der Waals surface area contributed by atoms with Crippen LogP contribution in [-0.4, -0.2) is 5.88 Å². The summed E-state index contributed by atoms with van der Waals surface area (Å²) in [7, 11) is 0. The third-order valence-electron chi connectivity index (χ3n) is 3.09. The van der Waals surface area contributed by atoms with Crippen LogP contribution in [0.25, 0.3) is 0 Å². The monoisotopic (exact) mass is 198 g/mol. The Hall–Kier alpha value is -0.560. The first-order chi connectivity index (χ1) is 6.18. The smallest absolute Gasteiger partial charge is 0.126 e. The summed E-state index contributed by atoms with van der Waals surface area (Å²) in [6.07, 6.45) is 1.01. The van der Waals surface area contributed by atoms with E-state index in [1.54, 1.807) is 6.07 Å². The van der Waals surface area contributed by atoms with Crippen molar-refractivity contribution in [3.8, 4) is 0 Å². The van der Waals surface area contributed by atoms with Gasteiger partial charge < -0.3 is 0 Å². The molecule has 0 bridgehead atoms. The van der Waals surface area contributed by atoms with Crippen LogP contribution < -0.4 is 0 Å². The molecule has 1 aromatic carbocycles. The largest absolute Gasteiger partial charge is 0.207 e. The molecule has 1 aromatic rings. The molecule has 0 aromatic heterocycles. The van der Waals surface area contributed by atoms with E-state index in [4.69, 9.17) is 11.6 Å².